The lowest BCUT2D eigenvalue weighted by Gasteiger charge is -2.24. The normalized spacial score (nSPS) is 13.8. The largest absolute Gasteiger partial charge is 0.443 e. The second kappa shape index (κ2) is 6.28. The van der Waals surface area contributed by atoms with Gasteiger partial charge in [-0.15, -0.1) is 0 Å². The summed E-state index contributed by atoms with van der Waals surface area (Å²) in [4.78, 5) is 24.2. The summed E-state index contributed by atoms with van der Waals surface area (Å²) in [5.41, 5.74) is 1.17. The standard InChI is InChI=1S/C17H19ClN4O2/c1-17(2,3)24-16(23)22-11-21(9-12-7-5-4-6-8-12)13-14(18)19-10-20-15(13)22/h4-8,10H,9,11H2,1-3H3. The van der Waals surface area contributed by atoms with E-state index in [2.05, 4.69) is 9.97 Å². The van der Waals surface area contributed by atoms with Crippen LogP contribution in [0.2, 0.25) is 5.15 Å². The number of amides is 1. The fourth-order valence-corrected chi connectivity index (χ4v) is 2.77. The van der Waals surface area contributed by atoms with Crippen LogP contribution in [0.15, 0.2) is 36.7 Å². The summed E-state index contributed by atoms with van der Waals surface area (Å²) in [7, 11) is 0. The summed E-state index contributed by atoms with van der Waals surface area (Å²) in [5.74, 6) is 0.472. The van der Waals surface area contributed by atoms with Gasteiger partial charge in [0.1, 0.15) is 24.3 Å². The Hall–Kier alpha value is -2.34. The molecule has 1 aromatic heterocycles. The second-order valence-electron chi connectivity index (χ2n) is 6.57. The van der Waals surface area contributed by atoms with Crippen molar-refractivity contribution >= 4 is 29.2 Å². The maximum Gasteiger partial charge on any atom is 0.417 e. The molecule has 126 valence electrons. The van der Waals surface area contributed by atoms with Gasteiger partial charge in [-0.1, -0.05) is 41.9 Å². The van der Waals surface area contributed by atoms with Crippen LogP contribution in [-0.4, -0.2) is 28.3 Å². The van der Waals surface area contributed by atoms with Crippen LogP contribution in [0.1, 0.15) is 26.3 Å². The summed E-state index contributed by atoms with van der Waals surface area (Å²) in [5, 5.41) is 0.321. The highest BCUT2D eigenvalue weighted by Gasteiger charge is 2.36. The molecule has 0 fully saturated rings. The van der Waals surface area contributed by atoms with E-state index in [0.717, 1.165) is 5.56 Å². The Morgan fingerprint density at radius 3 is 2.62 bits per heavy atom. The highest BCUT2D eigenvalue weighted by Crippen LogP contribution is 2.39. The highest BCUT2D eigenvalue weighted by atomic mass is 35.5. The van der Waals surface area contributed by atoms with Crippen molar-refractivity contribution in [3.05, 3.63) is 47.4 Å². The van der Waals surface area contributed by atoms with E-state index in [1.807, 2.05) is 56.0 Å². The Morgan fingerprint density at radius 2 is 1.96 bits per heavy atom. The molecule has 1 aliphatic rings. The molecule has 0 atom stereocenters. The van der Waals surface area contributed by atoms with Crippen molar-refractivity contribution in [3.8, 4) is 0 Å². The molecule has 0 bridgehead atoms. The molecule has 1 amide bonds. The Kier molecular flexibility index (Phi) is 4.32. The van der Waals surface area contributed by atoms with Gasteiger partial charge in [0.2, 0.25) is 0 Å². The predicted octanol–water partition coefficient (Wildman–Crippen LogP) is 3.85. The maximum absolute atomic E-state index is 12.5. The zero-order valence-electron chi connectivity index (χ0n) is 13.9. The number of benzene rings is 1. The maximum atomic E-state index is 12.5. The molecule has 2 heterocycles. The topological polar surface area (TPSA) is 58.6 Å². The molecule has 2 aromatic rings. The number of aromatic nitrogens is 2. The Labute approximate surface area is 146 Å². The van der Waals surface area contributed by atoms with Crippen molar-refractivity contribution < 1.29 is 9.53 Å². The molecule has 7 heteroatoms. The molecule has 0 saturated carbocycles. The van der Waals surface area contributed by atoms with Gasteiger partial charge in [0.15, 0.2) is 11.0 Å². The fraction of sp³-hybridized carbons (Fsp3) is 0.353. The van der Waals surface area contributed by atoms with Gasteiger partial charge in [0, 0.05) is 6.54 Å². The number of rotatable bonds is 2. The third-order valence-corrected chi connectivity index (χ3v) is 3.75. The molecule has 1 aromatic carbocycles. The minimum Gasteiger partial charge on any atom is -0.443 e. The number of carbonyl (C=O) groups excluding carboxylic acids is 1. The van der Waals surface area contributed by atoms with E-state index in [4.69, 9.17) is 16.3 Å². The molecule has 24 heavy (non-hydrogen) atoms. The lowest BCUT2D eigenvalue weighted by molar-refractivity contribution is 0.0582. The van der Waals surface area contributed by atoms with Crippen LogP contribution in [0.25, 0.3) is 0 Å². The van der Waals surface area contributed by atoms with Crippen molar-refractivity contribution in [1.29, 1.82) is 0 Å². The van der Waals surface area contributed by atoms with Crippen LogP contribution in [-0.2, 0) is 11.3 Å². The smallest absolute Gasteiger partial charge is 0.417 e. The van der Waals surface area contributed by atoms with E-state index < -0.39 is 11.7 Å². The van der Waals surface area contributed by atoms with Crippen LogP contribution >= 0.6 is 11.6 Å². The summed E-state index contributed by atoms with van der Waals surface area (Å²) in [6.45, 7) is 6.40. The molecular weight excluding hydrogens is 328 g/mol. The van der Waals surface area contributed by atoms with E-state index in [1.165, 1.54) is 11.2 Å². The van der Waals surface area contributed by atoms with Gasteiger partial charge in [0.05, 0.1) is 0 Å². The van der Waals surface area contributed by atoms with E-state index in [9.17, 15) is 4.79 Å². The third-order valence-electron chi connectivity index (χ3n) is 3.47. The van der Waals surface area contributed by atoms with E-state index in [0.29, 0.717) is 29.9 Å². The van der Waals surface area contributed by atoms with Gasteiger partial charge in [-0.25, -0.2) is 19.7 Å². The highest BCUT2D eigenvalue weighted by molar-refractivity contribution is 6.33. The van der Waals surface area contributed by atoms with Crippen LogP contribution in [0, 0.1) is 0 Å². The van der Waals surface area contributed by atoms with Gasteiger partial charge in [-0.3, -0.25) is 0 Å². The van der Waals surface area contributed by atoms with E-state index in [-0.39, 0.29) is 0 Å². The molecule has 0 aliphatic carbocycles. The monoisotopic (exact) mass is 346 g/mol. The average molecular weight is 347 g/mol. The molecular formula is C17H19ClN4O2. The number of hydrogen-bond donors (Lipinski definition) is 0. The van der Waals surface area contributed by atoms with Gasteiger partial charge >= 0.3 is 6.09 Å². The third kappa shape index (κ3) is 3.43. The number of anilines is 2. The number of nitrogens with zero attached hydrogens (tertiary/aromatic N) is 4. The average Bonchev–Trinajstić information content (AvgIpc) is 2.87. The van der Waals surface area contributed by atoms with Crippen LogP contribution in [0.5, 0.6) is 0 Å². The Bertz CT molecular complexity index is 746. The minimum absolute atomic E-state index is 0.317. The van der Waals surface area contributed by atoms with Crippen LogP contribution < -0.4 is 9.80 Å². The van der Waals surface area contributed by atoms with Gasteiger partial charge in [-0.05, 0) is 26.3 Å². The second-order valence-corrected chi connectivity index (χ2v) is 6.93. The SMILES string of the molecule is CC(C)(C)OC(=O)N1CN(Cc2ccccc2)c2c(Cl)ncnc21. The molecule has 0 spiro atoms. The van der Waals surface area contributed by atoms with E-state index in [1.54, 1.807) is 0 Å². The molecule has 0 saturated heterocycles. The first kappa shape index (κ1) is 16.5. The Balaban J connectivity index is 1.90. The zero-order valence-corrected chi connectivity index (χ0v) is 14.6. The van der Waals surface area contributed by atoms with Gasteiger partial charge in [0.25, 0.3) is 0 Å². The van der Waals surface area contributed by atoms with Crippen molar-refractivity contribution in [1.82, 2.24) is 9.97 Å². The first-order chi connectivity index (χ1) is 11.3. The summed E-state index contributed by atoms with van der Waals surface area (Å²) in [6, 6.07) is 9.95. The minimum atomic E-state index is -0.582. The van der Waals surface area contributed by atoms with Crippen molar-refractivity contribution in [3.63, 3.8) is 0 Å². The van der Waals surface area contributed by atoms with Crippen molar-refractivity contribution in [2.24, 2.45) is 0 Å². The summed E-state index contributed by atoms with van der Waals surface area (Å²) < 4.78 is 5.47. The fourth-order valence-electron chi connectivity index (χ4n) is 2.52. The summed E-state index contributed by atoms with van der Waals surface area (Å²) >= 11 is 6.26. The molecule has 0 unspecified atom stereocenters. The predicted molar refractivity (Wildman–Crippen MR) is 93.2 cm³/mol. The van der Waals surface area contributed by atoms with Gasteiger partial charge in [-0.2, -0.15) is 0 Å². The number of carbonyl (C=O) groups is 1. The quantitative estimate of drug-likeness (QED) is 0.773. The number of ether oxygens (including phenoxy) is 1. The van der Waals surface area contributed by atoms with Gasteiger partial charge < -0.3 is 9.64 Å². The van der Waals surface area contributed by atoms with Crippen LogP contribution in [0.3, 0.4) is 0 Å². The molecule has 0 N–H and O–H groups in total. The van der Waals surface area contributed by atoms with Crippen LogP contribution in [0.4, 0.5) is 16.3 Å². The summed E-state index contributed by atoms with van der Waals surface area (Å²) in [6.07, 6.45) is 0.902. The lowest BCUT2D eigenvalue weighted by Crippen LogP contribution is -2.39. The van der Waals surface area contributed by atoms with Crippen molar-refractivity contribution in [2.45, 2.75) is 32.9 Å². The van der Waals surface area contributed by atoms with Crippen molar-refractivity contribution in [2.75, 3.05) is 16.5 Å². The van der Waals surface area contributed by atoms with E-state index >= 15 is 0 Å². The molecule has 6 nitrogen and oxygen atoms in total. The molecule has 0 radical (unpaired) electrons. The first-order valence-electron chi connectivity index (χ1n) is 7.65. The lowest BCUT2D eigenvalue weighted by atomic mass is 10.2. The number of hydrogen-bond acceptors (Lipinski definition) is 5. The number of halogens is 1. The molecule has 1 aliphatic heterocycles. The Morgan fingerprint density at radius 1 is 1.25 bits per heavy atom. The molecule has 3 rings (SSSR count). The first-order valence-corrected chi connectivity index (χ1v) is 8.03. The number of fused-ring (bicyclic) bond motifs is 1. The zero-order chi connectivity index (χ0) is 17.3.